The molecule has 0 bridgehead atoms. The van der Waals surface area contributed by atoms with Crippen molar-refractivity contribution in [3.63, 3.8) is 0 Å². The Hall–Kier alpha value is -2.76. The van der Waals surface area contributed by atoms with Crippen LogP contribution in [0.15, 0.2) is 60.7 Å². The summed E-state index contributed by atoms with van der Waals surface area (Å²) in [5.74, 6) is 1.55. The summed E-state index contributed by atoms with van der Waals surface area (Å²) in [6.45, 7) is 5.57. The Bertz CT molecular complexity index is 1140. The zero-order valence-electron chi connectivity index (χ0n) is 20.4. The SMILES string of the molecule is COC1C[C@]2(C)c3nc(CCOCc4ccccc4)n(-c4ccccc4)c3CC[C@H]2[C@H](C)C1=O. The Labute approximate surface area is 202 Å². The van der Waals surface area contributed by atoms with Crippen LogP contribution in [0.2, 0.25) is 0 Å². The summed E-state index contributed by atoms with van der Waals surface area (Å²) >= 11 is 0. The lowest BCUT2D eigenvalue weighted by molar-refractivity contribution is -0.143. The van der Waals surface area contributed by atoms with Crippen molar-refractivity contribution in [2.75, 3.05) is 13.7 Å². The van der Waals surface area contributed by atoms with Crippen LogP contribution in [0, 0.1) is 11.8 Å². The smallest absolute Gasteiger partial charge is 0.164 e. The monoisotopic (exact) mass is 458 g/mol. The molecule has 5 heteroatoms. The molecule has 3 aromatic rings. The molecule has 2 aliphatic carbocycles. The number of fused-ring (bicyclic) bond motifs is 3. The lowest BCUT2D eigenvalue weighted by Crippen LogP contribution is -2.53. The highest BCUT2D eigenvalue weighted by molar-refractivity contribution is 5.87. The normalized spacial score (nSPS) is 26.2. The van der Waals surface area contributed by atoms with Gasteiger partial charge in [0.15, 0.2) is 5.78 Å². The standard InChI is InChI=1S/C29H34N2O3/c1-20-23-14-15-24-28(29(23,2)18-25(33-3)27(20)32)30-26(31(24)22-12-8-5-9-13-22)16-17-34-19-21-10-6-4-7-11-21/h4-13,20,23,25H,14-19H2,1-3H3/t20-,23-,25?,29-/m0/s1. The number of aromatic nitrogens is 2. The van der Waals surface area contributed by atoms with E-state index in [1.165, 1.54) is 11.3 Å². The second kappa shape index (κ2) is 9.47. The van der Waals surface area contributed by atoms with Gasteiger partial charge < -0.3 is 14.0 Å². The molecule has 0 N–H and O–H groups in total. The number of imidazole rings is 1. The average Bonchev–Trinajstić information content (AvgIpc) is 3.25. The lowest BCUT2D eigenvalue weighted by atomic mass is 9.56. The maximum Gasteiger partial charge on any atom is 0.164 e. The minimum absolute atomic E-state index is 0.0172. The highest BCUT2D eigenvalue weighted by atomic mass is 16.5. The predicted octanol–water partition coefficient (Wildman–Crippen LogP) is 5.08. The summed E-state index contributed by atoms with van der Waals surface area (Å²) in [5.41, 5.74) is 4.56. The van der Waals surface area contributed by atoms with Crippen molar-refractivity contribution >= 4 is 5.78 Å². The second-order valence-electron chi connectivity index (χ2n) is 9.96. The third kappa shape index (κ3) is 4.01. The molecular formula is C29H34N2O3. The third-order valence-electron chi connectivity index (χ3n) is 7.95. The van der Waals surface area contributed by atoms with Gasteiger partial charge in [0.1, 0.15) is 11.9 Å². The van der Waals surface area contributed by atoms with Crippen LogP contribution < -0.4 is 0 Å². The van der Waals surface area contributed by atoms with Crippen molar-refractivity contribution in [3.8, 4) is 5.69 Å². The molecule has 0 aliphatic heterocycles. The highest BCUT2D eigenvalue weighted by Crippen LogP contribution is 2.51. The number of benzene rings is 2. The van der Waals surface area contributed by atoms with E-state index in [1.54, 1.807) is 7.11 Å². The van der Waals surface area contributed by atoms with Crippen molar-refractivity contribution in [1.29, 1.82) is 0 Å². The molecule has 1 unspecified atom stereocenters. The van der Waals surface area contributed by atoms with Crippen LogP contribution in [0.25, 0.3) is 5.69 Å². The minimum Gasteiger partial charge on any atom is -0.376 e. The number of hydrogen-bond acceptors (Lipinski definition) is 4. The molecule has 0 amide bonds. The van der Waals surface area contributed by atoms with Crippen LogP contribution in [0.5, 0.6) is 0 Å². The molecule has 0 saturated heterocycles. The molecule has 5 nitrogen and oxygen atoms in total. The number of carbonyl (C=O) groups is 1. The van der Waals surface area contributed by atoms with Gasteiger partial charge in [-0.25, -0.2) is 4.98 Å². The van der Waals surface area contributed by atoms with Crippen molar-refractivity contribution in [2.24, 2.45) is 11.8 Å². The van der Waals surface area contributed by atoms with Gasteiger partial charge in [0.2, 0.25) is 0 Å². The summed E-state index contributed by atoms with van der Waals surface area (Å²) in [5, 5.41) is 0. The fourth-order valence-electron chi connectivity index (χ4n) is 6.18. The summed E-state index contributed by atoms with van der Waals surface area (Å²) in [4.78, 5) is 18.2. The predicted molar refractivity (Wildman–Crippen MR) is 132 cm³/mol. The first kappa shape index (κ1) is 23.0. The van der Waals surface area contributed by atoms with Gasteiger partial charge in [-0.1, -0.05) is 62.4 Å². The Balaban J connectivity index is 1.47. The maximum absolute atomic E-state index is 12.9. The second-order valence-corrected chi connectivity index (χ2v) is 9.96. The third-order valence-corrected chi connectivity index (χ3v) is 7.95. The van der Waals surface area contributed by atoms with Crippen LogP contribution in [-0.4, -0.2) is 35.2 Å². The van der Waals surface area contributed by atoms with Crippen molar-refractivity contribution in [1.82, 2.24) is 9.55 Å². The van der Waals surface area contributed by atoms with Crippen LogP contribution in [-0.2, 0) is 39.1 Å². The van der Waals surface area contributed by atoms with Gasteiger partial charge in [-0.15, -0.1) is 0 Å². The summed E-state index contributed by atoms with van der Waals surface area (Å²) < 4.78 is 14.0. The molecule has 178 valence electrons. The molecule has 0 radical (unpaired) electrons. The number of carbonyl (C=O) groups excluding carboxylic acids is 1. The van der Waals surface area contributed by atoms with Gasteiger partial charge in [-0.3, -0.25) is 4.79 Å². The highest BCUT2D eigenvalue weighted by Gasteiger charge is 2.53. The van der Waals surface area contributed by atoms with E-state index < -0.39 is 0 Å². The molecular weight excluding hydrogens is 424 g/mol. The molecule has 1 aromatic heterocycles. The number of Topliss-reactive ketones (excluding diaryl/α,β-unsaturated/α-hetero) is 1. The fraction of sp³-hybridized carbons (Fsp3) is 0.448. The number of ketones is 1. The van der Waals surface area contributed by atoms with Gasteiger partial charge in [0.05, 0.1) is 18.9 Å². The Morgan fingerprint density at radius 3 is 2.50 bits per heavy atom. The van der Waals surface area contributed by atoms with E-state index in [0.717, 1.165) is 36.5 Å². The van der Waals surface area contributed by atoms with Gasteiger partial charge in [-0.05, 0) is 42.9 Å². The van der Waals surface area contributed by atoms with Gasteiger partial charge >= 0.3 is 0 Å². The molecule has 34 heavy (non-hydrogen) atoms. The number of methoxy groups -OCH3 is 1. The van der Waals surface area contributed by atoms with Gasteiger partial charge in [-0.2, -0.15) is 0 Å². The topological polar surface area (TPSA) is 53.4 Å². The zero-order valence-corrected chi connectivity index (χ0v) is 20.4. The number of nitrogens with zero attached hydrogens (tertiary/aromatic N) is 2. The Morgan fingerprint density at radius 1 is 1.09 bits per heavy atom. The maximum atomic E-state index is 12.9. The number of para-hydroxylation sites is 1. The van der Waals surface area contributed by atoms with E-state index in [0.29, 0.717) is 25.6 Å². The first-order valence-electron chi connectivity index (χ1n) is 12.4. The van der Waals surface area contributed by atoms with Crippen molar-refractivity contribution < 1.29 is 14.3 Å². The Kier molecular flexibility index (Phi) is 6.41. The number of rotatable bonds is 7. The summed E-state index contributed by atoms with van der Waals surface area (Å²) in [6.07, 6.45) is 2.99. The first-order chi connectivity index (χ1) is 16.5. The number of hydrogen-bond donors (Lipinski definition) is 0. The van der Waals surface area contributed by atoms with Crippen molar-refractivity contribution in [3.05, 3.63) is 83.4 Å². The first-order valence-corrected chi connectivity index (χ1v) is 12.4. The van der Waals surface area contributed by atoms with Crippen molar-refractivity contribution in [2.45, 2.75) is 57.7 Å². The molecule has 1 fully saturated rings. The quantitative estimate of drug-likeness (QED) is 0.464. The molecule has 2 aromatic carbocycles. The fourth-order valence-corrected chi connectivity index (χ4v) is 6.18. The van der Waals surface area contributed by atoms with Crippen LogP contribution in [0.3, 0.4) is 0 Å². The number of ether oxygens (including phenoxy) is 2. The molecule has 5 rings (SSSR count). The van der Waals surface area contributed by atoms with Gasteiger partial charge in [0, 0.05) is 36.2 Å². The van der Waals surface area contributed by atoms with Gasteiger partial charge in [0.25, 0.3) is 0 Å². The molecule has 1 heterocycles. The van der Waals surface area contributed by atoms with E-state index in [-0.39, 0.29) is 23.2 Å². The van der Waals surface area contributed by atoms with Crippen LogP contribution in [0.4, 0.5) is 0 Å². The van der Waals surface area contributed by atoms with E-state index >= 15 is 0 Å². The Morgan fingerprint density at radius 2 is 1.79 bits per heavy atom. The van der Waals surface area contributed by atoms with Crippen LogP contribution in [0.1, 0.15) is 49.5 Å². The average molecular weight is 459 g/mol. The minimum atomic E-state index is -0.360. The largest absolute Gasteiger partial charge is 0.376 e. The van der Waals surface area contributed by atoms with E-state index in [1.807, 2.05) is 24.3 Å². The van der Waals surface area contributed by atoms with E-state index in [9.17, 15) is 4.79 Å². The molecule has 0 spiro atoms. The zero-order chi connectivity index (χ0) is 23.7. The summed E-state index contributed by atoms with van der Waals surface area (Å²) in [6, 6.07) is 20.8. The molecule has 4 atom stereocenters. The van der Waals surface area contributed by atoms with E-state index in [2.05, 4.69) is 54.8 Å². The summed E-state index contributed by atoms with van der Waals surface area (Å²) in [7, 11) is 1.65. The lowest BCUT2D eigenvalue weighted by Gasteiger charge is -2.49. The van der Waals surface area contributed by atoms with E-state index in [4.69, 9.17) is 14.5 Å². The molecule has 1 saturated carbocycles. The molecule has 2 aliphatic rings. The van der Waals surface area contributed by atoms with Crippen LogP contribution >= 0.6 is 0 Å².